The normalized spacial score (nSPS) is 10.9. The summed E-state index contributed by atoms with van der Waals surface area (Å²) >= 11 is 1.57. The minimum absolute atomic E-state index is 0.850. The summed E-state index contributed by atoms with van der Waals surface area (Å²) in [6, 6.07) is 9.91. The second kappa shape index (κ2) is 4.99. The molecule has 3 aromatic heterocycles. The molecule has 4 rings (SSSR count). The molecule has 0 unspecified atom stereocenters. The molecule has 102 valence electrons. The standard InChI is InChI=1S/C15H11N5S/c1-4-12(11-8-17-20-13(11)5-1)18-15-19-14(9-21-15)10-3-2-6-16-7-10/h1-9H,(H,17,20)(H,18,19). The highest BCUT2D eigenvalue weighted by molar-refractivity contribution is 7.14. The Bertz CT molecular complexity index is 881. The molecule has 0 spiro atoms. The van der Waals surface area contributed by atoms with E-state index in [1.165, 1.54) is 0 Å². The number of aromatic amines is 1. The Labute approximate surface area is 124 Å². The van der Waals surface area contributed by atoms with Crippen LogP contribution in [-0.4, -0.2) is 20.2 Å². The Morgan fingerprint density at radius 1 is 1.10 bits per heavy atom. The Morgan fingerprint density at radius 3 is 3.00 bits per heavy atom. The molecule has 0 amide bonds. The van der Waals surface area contributed by atoms with E-state index >= 15 is 0 Å². The Kier molecular flexibility index (Phi) is 2.86. The highest BCUT2D eigenvalue weighted by atomic mass is 32.1. The smallest absolute Gasteiger partial charge is 0.187 e. The molecule has 0 atom stereocenters. The number of rotatable bonds is 3. The fourth-order valence-corrected chi connectivity index (χ4v) is 2.90. The van der Waals surface area contributed by atoms with Crippen LogP contribution in [0.15, 0.2) is 54.3 Å². The zero-order chi connectivity index (χ0) is 14.1. The molecule has 0 radical (unpaired) electrons. The molecule has 0 saturated carbocycles. The van der Waals surface area contributed by atoms with E-state index in [-0.39, 0.29) is 0 Å². The van der Waals surface area contributed by atoms with Crippen molar-refractivity contribution in [3.8, 4) is 11.3 Å². The minimum atomic E-state index is 0.850. The Morgan fingerprint density at radius 2 is 2.10 bits per heavy atom. The number of hydrogen-bond acceptors (Lipinski definition) is 5. The minimum Gasteiger partial charge on any atom is -0.331 e. The van der Waals surface area contributed by atoms with Gasteiger partial charge >= 0.3 is 0 Å². The molecule has 0 aliphatic heterocycles. The molecule has 6 heteroatoms. The van der Waals surface area contributed by atoms with Gasteiger partial charge in [0.1, 0.15) is 0 Å². The fraction of sp³-hybridized carbons (Fsp3) is 0. The van der Waals surface area contributed by atoms with E-state index in [0.717, 1.165) is 33.0 Å². The second-order valence-electron chi connectivity index (χ2n) is 4.54. The first-order chi connectivity index (χ1) is 10.4. The molecule has 3 heterocycles. The summed E-state index contributed by atoms with van der Waals surface area (Å²) in [5.74, 6) is 0. The second-order valence-corrected chi connectivity index (χ2v) is 5.40. The van der Waals surface area contributed by atoms with E-state index in [0.29, 0.717) is 0 Å². The Hall–Kier alpha value is -2.73. The summed E-state index contributed by atoms with van der Waals surface area (Å²) in [7, 11) is 0. The van der Waals surface area contributed by atoms with Crippen LogP contribution in [0.25, 0.3) is 22.2 Å². The monoisotopic (exact) mass is 293 g/mol. The van der Waals surface area contributed by atoms with Gasteiger partial charge in [-0.15, -0.1) is 11.3 Å². The highest BCUT2D eigenvalue weighted by Crippen LogP contribution is 2.29. The van der Waals surface area contributed by atoms with Crippen molar-refractivity contribution < 1.29 is 0 Å². The van der Waals surface area contributed by atoms with Crippen molar-refractivity contribution in [2.24, 2.45) is 0 Å². The maximum Gasteiger partial charge on any atom is 0.187 e. The van der Waals surface area contributed by atoms with Crippen LogP contribution < -0.4 is 5.32 Å². The lowest BCUT2D eigenvalue weighted by Gasteiger charge is -2.03. The molecule has 0 fully saturated rings. The number of anilines is 2. The lowest BCUT2D eigenvalue weighted by atomic mass is 10.2. The fourth-order valence-electron chi connectivity index (χ4n) is 2.17. The van der Waals surface area contributed by atoms with Crippen molar-refractivity contribution in [3.63, 3.8) is 0 Å². The topological polar surface area (TPSA) is 66.5 Å². The van der Waals surface area contributed by atoms with E-state index in [1.54, 1.807) is 17.5 Å². The number of hydrogen-bond donors (Lipinski definition) is 2. The van der Waals surface area contributed by atoms with Gasteiger partial charge in [-0.25, -0.2) is 4.98 Å². The van der Waals surface area contributed by atoms with Crippen molar-refractivity contribution in [1.29, 1.82) is 0 Å². The molecule has 2 N–H and O–H groups in total. The van der Waals surface area contributed by atoms with Crippen LogP contribution in [-0.2, 0) is 0 Å². The van der Waals surface area contributed by atoms with E-state index in [9.17, 15) is 0 Å². The van der Waals surface area contributed by atoms with Crippen molar-refractivity contribution in [1.82, 2.24) is 20.2 Å². The average molecular weight is 293 g/mol. The highest BCUT2D eigenvalue weighted by Gasteiger charge is 2.07. The number of benzene rings is 1. The van der Waals surface area contributed by atoms with Gasteiger partial charge in [0.15, 0.2) is 5.13 Å². The van der Waals surface area contributed by atoms with Gasteiger partial charge in [-0.3, -0.25) is 10.1 Å². The molecular formula is C15H11N5S. The quantitative estimate of drug-likeness (QED) is 0.602. The molecule has 4 aromatic rings. The molecule has 0 bridgehead atoms. The van der Waals surface area contributed by atoms with Gasteiger partial charge in [-0.2, -0.15) is 5.10 Å². The first kappa shape index (κ1) is 12.0. The van der Waals surface area contributed by atoms with Gasteiger partial charge < -0.3 is 5.32 Å². The lowest BCUT2D eigenvalue weighted by Crippen LogP contribution is -1.90. The van der Waals surface area contributed by atoms with E-state index in [2.05, 4.69) is 25.5 Å². The third-order valence-corrected chi connectivity index (χ3v) is 3.95. The molecule has 5 nitrogen and oxygen atoms in total. The molecule has 0 aliphatic carbocycles. The number of thiazole rings is 1. The number of pyridine rings is 1. The predicted octanol–water partition coefficient (Wildman–Crippen LogP) is 3.83. The summed E-state index contributed by atoms with van der Waals surface area (Å²) in [6.45, 7) is 0. The third-order valence-electron chi connectivity index (χ3n) is 3.19. The number of nitrogens with one attached hydrogen (secondary N) is 2. The van der Waals surface area contributed by atoms with Crippen molar-refractivity contribution in [2.75, 3.05) is 5.32 Å². The third kappa shape index (κ3) is 2.25. The molecule has 0 aliphatic rings. The number of H-pyrrole nitrogens is 1. The van der Waals surface area contributed by atoms with Crippen molar-refractivity contribution >= 4 is 33.1 Å². The largest absolute Gasteiger partial charge is 0.331 e. The van der Waals surface area contributed by atoms with Crippen LogP contribution >= 0.6 is 11.3 Å². The summed E-state index contributed by atoms with van der Waals surface area (Å²) in [5, 5.41) is 14.3. The van der Waals surface area contributed by atoms with Crippen molar-refractivity contribution in [2.45, 2.75) is 0 Å². The zero-order valence-corrected chi connectivity index (χ0v) is 11.8. The van der Waals surface area contributed by atoms with E-state index < -0.39 is 0 Å². The molecule has 1 aromatic carbocycles. The molecular weight excluding hydrogens is 282 g/mol. The first-order valence-corrected chi connectivity index (χ1v) is 7.33. The summed E-state index contributed by atoms with van der Waals surface area (Å²) in [5.41, 5.74) is 3.94. The zero-order valence-electron chi connectivity index (χ0n) is 10.9. The molecule has 21 heavy (non-hydrogen) atoms. The maximum atomic E-state index is 4.60. The van der Waals surface area contributed by atoms with Gasteiger partial charge in [0.2, 0.25) is 0 Å². The summed E-state index contributed by atoms with van der Waals surface area (Å²) in [4.78, 5) is 8.72. The van der Waals surface area contributed by atoms with Crippen molar-refractivity contribution in [3.05, 3.63) is 54.3 Å². The average Bonchev–Trinajstić information content (AvgIpc) is 3.17. The van der Waals surface area contributed by atoms with Crippen LogP contribution in [0.1, 0.15) is 0 Å². The van der Waals surface area contributed by atoms with Crippen LogP contribution in [0.2, 0.25) is 0 Å². The Balaban J connectivity index is 1.66. The van der Waals surface area contributed by atoms with E-state index in [1.807, 2.05) is 48.1 Å². The number of fused-ring (bicyclic) bond motifs is 1. The summed E-state index contributed by atoms with van der Waals surface area (Å²) in [6.07, 6.45) is 5.39. The van der Waals surface area contributed by atoms with Crippen LogP contribution in [0.4, 0.5) is 10.8 Å². The maximum absolute atomic E-state index is 4.60. The predicted molar refractivity (Wildman–Crippen MR) is 84.7 cm³/mol. The van der Waals surface area contributed by atoms with Crippen LogP contribution in [0.5, 0.6) is 0 Å². The lowest BCUT2D eigenvalue weighted by molar-refractivity contribution is 1.12. The van der Waals surface area contributed by atoms with Crippen LogP contribution in [0.3, 0.4) is 0 Å². The van der Waals surface area contributed by atoms with Gasteiger partial charge in [-0.1, -0.05) is 6.07 Å². The molecule has 0 saturated heterocycles. The van der Waals surface area contributed by atoms with Gasteiger partial charge in [-0.05, 0) is 24.3 Å². The number of nitrogens with zero attached hydrogens (tertiary/aromatic N) is 3. The summed E-state index contributed by atoms with van der Waals surface area (Å²) < 4.78 is 0. The van der Waals surface area contributed by atoms with E-state index in [4.69, 9.17) is 0 Å². The van der Waals surface area contributed by atoms with Gasteiger partial charge in [0.25, 0.3) is 0 Å². The van der Waals surface area contributed by atoms with Crippen LogP contribution in [0, 0.1) is 0 Å². The SMILES string of the molecule is c1cncc(-c2csc(Nc3cccc4[nH]ncc34)n2)c1. The number of aromatic nitrogens is 4. The van der Waals surface area contributed by atoms with Gasteiger partial charge in [0, 0.05) is 28.7 Å². The first-order valence-electron chi connectivity index (χ1n) is 6.45. The van der Waals surface area contributed by atoms with Gasteiger partial charge in [0.05, 0.1) is 23.1 Å².